The van der Waals surface area contributed by atoms with Crippen LogP contribution in [0.2, 0.25) is 0 Å². The van der Waals surface area contributed by atoms with Crippen molar-refractivity contribution < 1.29 is 0 Å². The number of nitrogens with one attached hydrogen (secondary N) is 1. The molecule has 0 unspecified atom stereocenters. The summed E-state index contributed by atoms with van der Waals surface area (Å²) in [4.78, 5) is 13.2. The standard InChI is InChI=1S/C20H22Cl3N5/c1-3-19(24,4-2)12-25-18-27-16(26-17(28-18)20(21,22)23)15-10-9-13-7-5-6-8-14(13)11-15/h5-11H,3-4,12,24H2,1-2H3,(H,25,26,27,28). The van der Waals surface area contributed by atoms with Crippen molar-refractivity contribution in [3.8, 4) is 11.4 Å². The zero-order chi connectivity index (χ0) is 20.4. The van der Waals surface area contributed by atoms with Gasteiger partial charge in [-0.25, -0.2) is 4.98 Å². The van der Waals surface area contributed by atoms with Crippen molar-refractivity contribution >= 4 is 51.5 Å². The lowest BCUT2D eigenvalue weighted by Gasteiger charge is -2.27. The number of nitrogens with zero attached hydrogens (tertiary/aromatic N) is 3. The van der Waals surface area contributed by atoms with Gasteiger partial charge in [0.15, 0.2) is 11.6 Å². The van der Waals surface area contributed by atoms with Crippen LogP contribution in [0.4, 0.5) is 5.95 Å². The fourth-order valence-corrected chi connectivity index (χ4v) is 3.05. The first kappa shape index (κ1) is 21.1. The van der Waals surface area contributed by atoms with Gasteiger partial charge < -0.3 is 11.1 Å². The summed E-state index contributed by atoms with van der Waals surface area (Å²) in [5.41, 5.74) is 6.81. The number of nitrogens with two attached hydrogens (primary N) is 1. The topological polar surface area (TPSA) is 76.7 Å². The van der Waals surface area contributed by atoms with Crippen LogP contribution in [0.3, 0.4) is 0 Å². The first-order chi connectivity index (χ1) is 13.2. The Hall–Kier alpha value is -1.66. The quantitative estimate of drug-likeness (QED) is 0.501. The fourth-order valence-electron chi connectivity index (χ4n) is 2.79. The molecule has 2 aromatic carbocycles. The van der Waals surface area contributed by atoms with Crippen molar-refractivity contribution in [3.05, 3.63) is 48.3 Å². The summed E-state index contributed by atoms with van der Waals surface area (Å²) in [5, 5.41) is 5.38. The lowest BCUT2D eigenvalue weighted by molar-refractivity contribution is 0.417. The number of aromatic nitrogens is 3. The molecule has 0 saturated heterocycles. The van der Waals surface area contributed by atoms with Crippen LogP contribution in [0.1, 0.15) is 32.5 Å². The van der Waals surface area contributed by atoms with Gasteiger partial charge in [0.2, 0.25) is 9.74 Å². The van der Waals surface area contributed by atoms with Crippen molar-refractivity contribution in [2.24, 2.45) is 5.73 Å². The molecule has 3 rings (SSSR count). The Morgan fingerprint density at radius 3 is 2.25 bits per heavy atom. The SMILES string of the molecule is CCC(N)(CC)CNc1nc(-c2ccc3ccccc3c2)nc(C(Cl)(Cl)Cl)n1. The monoisotopic (exact) mass is 437 g/mol. The molecule has 0 spiro atoms. The van der Waals surface area contributed by atoms with Crippen molar-refractivity contribution in [2.45, 2.75) is 36.0 Å². The molecular formula is C20H22Cl3N5. The highest BCUT2D eigenvalue weighted by Crippen LogP contribution is 2.37. The molecule has 0 bridgehead atoms. The predicted molar refractivity (Wildman–Crippen MR) is 118 cm³/mol. The number of halogens is 3. The largest absolute Gasteiger partial charge is 0.352 e. The van der Waals surface area contributed by atoms with E-state index in [2.05, 4.69) is 20.3 Å². The molecule has 28 heavy (non-hydrogen) atoms. The Labute approximate surface area is 179 Å². The zero-order valence-electron chi connectivity index (χ0n) is 15.7. The van der Waals surface area contributed by atoms with E-state index in [1.165, 1.54) is 0 Å². The normalized spacial score (nSPS) is 12.4. The van der Waals surface area contributed by atoms with Gasteiger partial charge in [0, 0.05) is 17.6 Å². The summed E-state index contributed by atoms with van der Waals surface area (Å²) in [5.74, 6) is 0.824. The third-order valence-electron chi connectivity index (χ3n) is 4.90. The van der Waals surface area contributed by atoms with Gasteiger partial charge in [-0.2, -0.15) is 9.97 Å². The molecule has 148 valence electrons. The third-order valence-corrected chi connectivity index (χ3v) is 5.41. The second-order valence-electron chi connectivity index (χ2n) is 6.79. The van der Waals surface area contributed by atoms with Crippen LogP contribution < -0.4 is 11.1 Å². The van der Waals surface area contributed by atoms with Gasteiger partial charge in [-0.05, 0) is 29.7 Å². The van der Waals surface area contributed by atoms with Crippen LogP contribution in [0.25, 0.3) is 22.2 Å². The molecule has 1 heterocycles. The third kappa shape index (κ3) is 4.84. The molecule has 1 aromatic heterocycles. The molecule has 0 atom stereocenters. The predicted octanol–water partition coefficient (Wildman–Crippen LogP) is 5.45. The summed E-state index contributed by atoms with van der Waals surface area (Å²) in [7, 11) is 0. The number of hydrogen-bond acceptors (Lipinski definition) is 5. The summed E-state index contributed by atoms with van der Waals surface area (Å²) >= 11 is 18.2. The second-order valence-corrected chi connectivity index (χ2v) is 9.07. The molecule has 8 heteroatoms. The molecule has 0 radical (unpaired) electrons. The molecule has 5 nitrogen and oxygen atoms in total. The van der Waals surface area contributed by atoms with Crippen molar-refractivity contribution in [3.63, 3.8) is 0 Å². The van der Waals surface area contributed by atoms with E-state index >= 15 is 0 Å². The van der Waals surface area contributed by atoms with Crippen LogP contribution in [0.5, 0.6) is 0 Å². The number of benzene rings is 2. The molecule has 3 N–H and O–H groups in total. The summed E-state index contributed by atoms with van der Waals surface area (Å²) in [6.07, 6.45) is 1.63. The summed E-state index contributed by atoms with van der Waals surface area (Å²) < 4.78 is -1.76. The fraction of sp³-hybridized carbons (Fsp3) is 0.350. The van der Waals surface area contributed by atoms with Gasteiger partial charge >= 0.3 is 0 Å². The van der Waals surface area contributed by atoms with E-state index in [1.54, 1.807) is 0 Å². The maximum Gasteiger partial charge on any atom is 0.250 e. The van der Waals surface area contributed by atoms with Gasteiger partial charge in [0.1, 0.15) is 0 Å². The molecule has 0 aliphatic rings. The van der Waals surface area contributed by atoms with Crippen molar-refractivity contribution in [1.82, 2.24) is 15.0 Å². The average molecular weight is 439 g/mol. The summed E-state index contributed by atoms with van der Waals surface area (Å²) in [6, 6.07) is 14.0. The van der Waals surface area contributed by atoms with Crippen LogP contribution in [0.15, 0.2) is 42.5 Å². The highest BCUT2D eigenvalue weighted by Gasteiger charge is 2.29. The highest BCUT2D eigenvalue weighted by molar-refractivity contribution is 6.66. The molecular weight excluding hydrogens is 417 g/mol. The maximum atomic E-state index is 6.37. The van der Waals surface area contributed by atoms with Crippen LogP contribution in [0, 0.1) is 0 Å². The van der Waals surface area contributed by atoms with E-state index in [1.807, 2.05) is 56.3 Å². The molecule has 0 fully saturated rings. The molecule has 0 aliphatic heterocycles. The molecule has 0 amide bonds. The second kappa shape index (κ2) is 8.37. The van der Waals surface area contributed by atoms with E-state index in [0.717, 1.165) is 29.2 Å². The highest BCUT2D eigenvalue weighted by atomic mass is 35.6. The Bertz CT molecular complexity index is 967. The number of fused-ring (bicyclic) bond motifs is 1. The Morgan fingerprint density at radius 1 is 0.929 bits per heavy atom. The van der Waals surface area contributed by atoms with Gasteiger partial charge in [-0.3, -0.25) is 0 Å². The number of rotatable bonds is 6. The molecule has 0 aliphatic carbocycles. The van der Waals surface area contributed by atoms with Crippen LogP contribution in [-0.4, -0.2) is 27.0 Å². The van der Waals surface area contributed by atoms with Crippen molar-refractivity contribution in [2.75, 3.05) is 11.9 Å². The Kier molecular flexibility index (Phi) is 6.30. The number of anilines is 1. The smallest absolute Gasteiger partial charge is 0.250 e. The Morgan fingerprint density at radius 2 is 1.61 bits per heavy atom. The van der Waals surface area contributed by atoms with Crippen LogP contribution in [-0.2, 0) is 3.79 Å². The minimum Gasteiger partial charge on any atom is -0.352 e. The van der Waals surface area contributed by atoms with E-state index in [4.69, 9.17) is 40.5 Å². The maximum absolute atomic E-state index is 6.37. The van der Waals surface area contributed by atoms with Gasteiger partial charge in [0.25, 0.3) is 0 Å². The lowest BCUT2D eigenvalue weighted by atomic mass is 9.94. The number of hydrogen-bond donors (Lipinski definition) is 2. The summed E-state index contributed by atoms with van der Waals surface area (Å²) in [6.45, 7) is 4.60. The van der Waals surface area contributed by atoms with Crippen molar-refractivity contribution in [1.29, 1.82) is 0 Å². The van der Waals surface area contributed by atoms with E-state index in [-0.39, 0.29) is 11.4 Å². The lowest BCUT2D eigenvalue weighted by Crippen LogP contribution is -2.45. The van der Waals surface area contributed by atoms with E-state index in [9.17, 15) is 0 Å². The first-order valence-corrected chi connectivity index (χ1v) is 10.2. The minimum absolute atomic E-state index is 0.0637. The van der Waals surface area contributed by atoms with Gasteiger partial charge in [0.05, 0.1) is 0 Å². The first-order valence-electron chi connectivity index (χ1n) is 9.09. The Balaban J connectivity index is 2.02. The zero-order valence-corrected chi connectivity index (χ0v) is 18.0. The van der Waals surface area contributed by atoms with E-state index in [0.29, 0.717) is 18.3 Å². The van der Waals surface area contributed by atoms with Crippen LogP contribution >= 0.6 is 34.8 Å². The molecule has 3 aromatic rings. The van der Waals surface area contributed by atoms with Gasteiger partial charge in [-0.1, -0.05) is 85.0 Å². The average Bonchev–Trinajstić information content (AvgIpc) is 2.70. The van der Waals surface area contributed by atoms with Gasteiger partial charge in [-0.15, -0.1) is 0 Å². The molecule has 0 saturated carbocycles. The minimum atomic E-state index is -1.76. The van der Waals surface area contributed by atoms with E-state index < -0.39 is 3.79 Å². The number of alkyl halides is 3.